The number of fused-ring (bicyclic) bond motifs is 9. The molecule has 12 aromatic carbocycles. The van der Waals surface area contributed by atoms with Gasteiger partial charge in [-0.25, -0.2) is 0 Å². The van der Waals surface area contributed by atoms with E-state index in [0.717, 1.165) is 110 Å². The van der Waals surface area contributed by atoms with Crippen molar-refractivity contribution < 1.29 is 8.83 Å². The summed E-state index contributed by atoms with van der Waals surface area (Å²) in [6.07, 6.45) is 0. The van der Waals surface area contributed by atoms with Gasteiger partial charge in [-0.1, -0.05) is 212 Å². The summed E-state index contributed by atoms with van der Waals surface area (Å²) in [7, 11) is 0. The Bertz CT molecular complexity index is 4310. The lowest BCUT2D eigenvalue weighted by molar-refractivity contribution is 0.668. The fourth-order valence-corrected chi connectivity index (χ4v) is 11.6. The average molecular weight is 899 g/mol. The summed E-state index contributed by atoms with van der Waals surface area (Å²) in [5.41, 5.74) is 16.2. The number of benzene rings is 12. The van der Waals surface area contributed by atoms with Crippen LogP contribution < -0.4 is 0 Å². The lowest BCUT2D eigenvalue weighted by Crippen LogP contribution is -2.01. The van der Waals surface area contributed by atoms with Crippen LogP contribution in [0.4, 0.5) is 0 Å². The lowest BCUT2D eigenvalue weighted by atomic mass is 9.75. The van der Waals surface area contributed by atoms with E-state index in [1.54, 1.807) is 0 Å². The molecular formula is C66H39ClO2. The molecule has 3 heteroatoms. The molecule has 14 aromatic rings. The third-order valence-corrected chi connectivity index (χ3v) is 14.5. The minimum absolute atomic E-state index is 0.670. The van der Waals surface area contributed by atoms with E-state index in [0.29, 0.717) is 5.02 Å². The van der Waals surface area contributed by atoms with Gasteiger partial charge in [0.15, 0.2) is 0 Å². The lowest BCUT2D eigenvalue weighted by Gasteiger charge is -2.28. The van der Waals surface area contributed by atoms with Crippen LogP contribution in [0.5, 0.6) is 0 Å². The molecule has 0 radical (unpaired) electrons. The van der Waals surface area contributed by atoms with Crippen LogP contribution in [0.2, 0.25) is 5.02 Å². The molecule has 0 spiro atoms. The Kier molecular flexibility index (Phi) is 8.99. The van der Waals surface area contributed by atoms with Crippen LogP contribution in [0.15, 0.2) is 245 Å². The van der Waals surface area contributed by atoms with Gasteiger partial charge in [-0.2, -0.15) is 0 Å². The Balaban J connectivity index is 1.23. The molecule has 0 amide bonds. The maximum absolute atomic E-state index is 8.34. The summed E-state index contributed by atoms with van der Waals surface area (Å²) in [6.45, 7) is 0. The van der Waals surface area contributed by atoms with Crippen molar-refractivity contribution in [1.29, 1.82) is 0 Å². The first-order valence-corrected chi connectivity index (χ1v) is 23.8. The van der Waals surface area contributed by atoms with Gasteiger partial charge in [-0.05, 0) is 124 Å². The van der Waals surface area contributed by atoms with Crippen molar-refractivity contribution in [3.63, 3.8) is 0 Å². The molecule has 0 bridgehead atoms. The normalized spacial score (nSPS) is 11.8. The molecule has 69 heavy (non-hydrogen) atoms. The third-order valence-electron chi connectivity index (χ3n) is 14.1. The number of hydrogen-bond acceptors (Lipinski definition) is 2. The first-order valence-electron chi connectivity index (χ1n) is 23.4. The van der Waals surface area contributed by atoms with Gasteiger partial charge in [-0.3, -0.25) is 0 Å². The number of furan rings is 2. The van der Waals surface area contributed by atoms with E-state index in [1.165, 1.54) is 32.7 Å². The van der Waals surface area contributed by atoms with Gasteiger partial charge in [0, 0.05) is 32.7 Å². The van der Waals surface area contributed by atoms with Crippen LogP contribution >= 0.6 is 11.6 Å². The molecule has 0 aliphatic carbocycles. The fraction of sp³-hybridized carbons (Fsp3) is 0. The molecule has 0 fully saturated rings. The van der Waals surface area contributed by atoms with Gasteiger partial charge in [0.05, 0.1) is 5.02 Å². The van der Waals surface area contributed by atoms with Crippen molar-refractivity contribution in [3.8, 4) is 66.8 Å². The van der Waals surface area contributed by atoms with Crippen molar-refractivity contribution in [2.45, 2.75) is 0 Å². The summed E-state index contributed by atoms with van der Waals surface area (Å²) in [4.78, 5) is 0. The summed E-state index contributed by atoms with van der Waals surface area (Å²) in [6, 6.07) is 84.7. The first-order chi connectivity index (χ1) is 34.2. The molecule has 2 heterocycles. The van der Waals surface area contributed by atoms with Crippen LogP contribution in [-0.2, 0) is 0 Å². The molecule has 14 rings (SSSR count). The quantitative estimate of drug-likeness (QED) is 0.155. The van der Waals surface area contributed by atoms with Crippen molar-refractivity contribution in [1.82, 2.24) is 0 Å². The Morgan fingerprint density at radius 2 is 0.623 bits per heavy atom. The van der Waals surface area contributed by atoms with E-state index in [2.05, 4.69) is 212 Å². The molecular weight excluding hydrogens is 860 g/mol. The number of rotatable bonds is 6. The van der Waals surface area contributed by atoms with Crippen molar-refractivity contribution in [3.05, 3.63) is 242 Å². The highest BCUT2D eigenvalue weighted by atomic mass is 35.5. The predicted octanol–water partition coefficient (Wildman–Crippen LogP) is 19.6. The smallest absolute Gasteiger partial charge is 0.135 e. The Hall–Kier alpha value is -8.69. The summed E-state index contributed by atoms with van der Waals surface area (Å²) >= 11 is 8.34. The van der Waals surface area contributed by atoms with E-state index in [1.807, 2.05) is 24.3 Å². The second-order valence-electron chi connectivity index (χ2n) is 17.9. The fourth-order valence-electron chi connectivity index (χ4n) is 11.2. The van der Waals surface area contributed by atoms with Crippen molar-refractivity contribution in [2.24, 2.45) is 0 Å². The molecule has 2 nitrogen and oxygen atoms in total. The minimum atomic E-state index is 0.670. The minimum Gasteiger partial charge on any atom is -0.456 e. The van der Waals surface area contributed by atoms with Gasteiger partial charge in [0.1, 0.15) is 22.3 Å². The first kappa shape index (κ1) is 39.5. The van der Waals surface area contributed by atoms with E-state index in [9.17, 15) is 0 Å². The van der Waals surface area contributed by atoms with Crippen LogP contribution in [-0.4, -0.2) is 0 Å². The van der Waals surface area contributed by atoms with E-state index in [-0.39, 0.29) is 0 Å². The molecule has 0 aliphatic heterocycles. The number of hydrogen-bond donors (Lipinski definition) is 0. The molecule has 0 N–H and O–H groups in total. The molecule has 0 aliphatic rings. The monoisotopic (exact) mass is 898 g/mol. The van der Waals surface area contributed by atoms with E-state index in [4.69, 9.17) is 20.4 Å². The summed E-state index contributed by atoms with van der Waals surface area (Å²) in [5, 5.41) is 12.0. The van der Waals surface area contributed by atoms with Crippen LogP contribution in [0, 0.1) is 0 Å². The van der Waals surface area contributed by atoms with Crippen molar-refractivity contribution >= 4 is 87.8 Å². The van der Waals surface area contributed by atoms with Gasteiger partial charge in [-0.15, -0.1) is 0 Å². The molecule has 322 valence electrons. The van der Waals surface area contributed by atoms with E-state index >= 15 is 0 Å². The third kappa shape index (κ3) is 6.13. The topological polar surface area (TPSA) is 26.3 Å². The van der Waals surface area contributed by atoms with E-state index < -0.39 is 0 Å². The van der Waals surface area contributed by atoms with Crippen molar-refractivity contribution in [2.75, 3.05) is 0 Å². The molecule has 0 unspecified atom stereocenters. The van der Waals surface area contributed by atoms with Crippen LogP contribution in [0.25, 0.3) is 143 Å². The standard InChI is InChI=1S/C66H39ClO2/c67-66-61(42-21-5-2-6-22-42)60(43-34-36-57-53(38-43)46-25-13-15-32-55(46)68-57)65(59(41-19-3-1-4-20-41)62(66)44-35-37-58-54(39-44)47-26-14-16-33-56(47)69-58)64-51-29-11-9-27-49(51)63(50-28-10-12-30-52(50)64)48-31-17-23-40-18-7-8-24-45(40)48/h1-39H. The molecule has 0 saturated heterocycles. The largest absolute Gasteiger partial charge is 0.456 e. The molecule has 2 aromatic heterocycles. The molecule has 0 atom stereocenters. The summed E-state index contributed by atoms with van der Waals surface area (Å²) < 4.78 is 12.9. The Morgan fingerprint density at radius 1 is 0.232 bits per heavy atom. The van der Waals surface area contributed by atoms with Gasteiger partial charge < -0.3 is 8.83 Å². The number of halogens is 1. The SMILES string of the molecule is Clc1c(-c2ccc3oc4ccccc4c3c2)c(-c2ccccc2)c(-c2c3ccccc3c(-c3cccc4ccccc34)c3ccccc23)c(-c2ccc3oc4ccccc4c3c2)c1-c1ccccc1. The number of para-hydroxylation sites is 2. The molecule has 0 saturated carbocycles. The zero-order valence-corrected chi connectivity index (χ0v) is 38.0. The highest BCUT2D eigenvalue weighted by Crippen LogP contribution is 2.58. The maximum Gasteiger partial charge on any atom is 0.135 e. The predicted molar refractivity (Wildman–Crippen MR) is 291 cm³/mol. The highest BCUT2D eigenvalue weighted by molar-refractivity contribution is 6.40. The van der Waals surface area contributed by atoms with Crippen LogP contribution in [0.1, 0.15) is 0 Å². The zero-order chi connectivity index (χ0) is 45.6. The second-order valence-corrected chi connectivity index (χ2v) is 18.3. The van der Waals surface area contributed by atoms with Gasteiger partial charge >= 0.3 is 0 Å². The Labute approximate surface area is 402 Å². The Morgan fingerprint density at radius 3 is 1.19 bits per heavy atom. The van der Waals surface area contributed by atoms with Gasteiger partial charge in [0.25, 0.3) is 0 Å². The second kappa shape index (κ2) is 15.7. The highest BCUT2D eigenvalue weighted by Gasteiger charge is 2.31. The maximum atomic E-state index is 8.34. The zero-order valence-electron chi connectivity index (χ0n) is 37.2. The van der Waals surface area contributed by atoms with Gasteiger partial charge in [0.2, 0.25) is 0 Å². The average Bonchev–Trinajstić information content (AvgIpc) is 3.98. The van der Waals surface area contributed by atoms with Crippen LogP contribution in [0.3, 0.4) is 0 Å². The summed E-state index contributed by atoms with van der Waals surface area (Å²) in [5.74, 6) is 0.